The van der Waals surface area contributed by atoms with Gasteiger partial charge in [0.2, 0.25) is 5.96 Å². The molecule has 78 valence electrons. The van der Waals surface area contributed by atoms with Crippen LogP contribution >= 0.6 is 12.4 Å². The number of aromatic nitrogens is 2. The molecule has 0 aliphatic rings. The molecule has 0 spiro atoms. The van der Waals surface area contributed by atoms with E-state index in [2.05, 4.69) is 5.10 Å². The first-order chi connectivity index (χ1) is 6.15. The summed E-state index contributed by atoms with van der Waals surface area (Å²) in [5, 5.41) is 10.7. The van der Waals surface area contributed by atoms with Crippen LogP contribution in [-0.2, 0) is 4.74 Å². The van der Waals surface area contributed by atoms with E-state index < -0.39 is 5.97 Å². The molecule has 0 amide bonds. The zero-order valence-electron chi connectivity index (χ0n) is 7.56. The Kier molecular flexibility index (Phi) is 4.65. The molecule has 1 rings (SSSR count). The number of rotatable bonds is 2. The maximum atomic E-state index is 11.1. The van der Waals surface area contributed by atoms with Crippen LogP contribution in [0.4, 0.5) is 0 Å². The molecular weight excluding hydrogens is 208 g/mol. The van der Waals surface area contributed by atoms with Gasteiger partial charge in [0, 0.05) is 6.20 Å². The maximum absolute atomic E-state index is 11.1. The minimum absolute atomic E-state index is 0. The lowest BCUT2D eigenvalue weighted by molar-refractivity contribution is 0.0526. The average Bonchev–Trinajstić information content (AvgIpc) is 2.52. The Hall–Kier alpha value is -1.56. The third kappa shape index (κ3) is 2.74. The first kappa shape index (κ1) is 12.4. The van der Waals surface area contributed by atoms with Crippen LogP contribution in [0.15, 0.2) is 12.4 Å². The van der Waals surface area contributed by atoms with Gasteiger partial charge in [-0.3, -0.25) is 5.41 Å². The number of nitrogens with two attached hydrogens (primary N) is 1. The van der Waals surface area contributed by atoms with E-state index in [1.54, 1.807) is 6.92 Å². The lowest BCUT2D eigenvalue weighted by Crippen LogP contribution is -2.20. The highest BCUT2D eigenvalue weighted by Crippen LogP contribution is 1.99. The summed E-state index contributed by atoms with van der Waals surface area (Å²) in [4.78, 5) is 11.1. The first-order valence-electron chi connectivity index (χ1n) is 3.71. The molecule has 0 bridgehead atoms. The van der Waals surface area contributed by atoms with Gasteiger partial charge in [-0.1, -0.05) is 0 Å². The van der Waals surface area contributed by atoms with Crippen molar-refractivity contribution < 1.29 is 9.53 Å². The third-order valence-electron chi connectivity index (χ3n) is 1.34. The van der Waals surface area contributed by atoms with Crippen LogP contribution in [-0.4, -0.2) is 28.3 Å². The highest BCUT2D eigenvalue weighted by molar-refractivity contribution is 5.90. The van der Waals surface area contributed by atoms with Gasteiger partial charge in [0.25, 0.3) is 0 Å². The summed E-state index contributed by atoms with van der Waals surface area (Å²) >= 11 is 0. The van der Waals surface area contributed by atoms with Gasteiger partial charge >= 0.3 is 5.97 Å². The molecule has 0 aliphatic carbocycles. The molecule has 1 aromatic rings. The Balaban J connectivity index is 0.00000169. The SMILES string of the molecule is CCOC(=O)c1cnn(C(=N)N)c1.Cl. The number of carbonyl (C=O) groups excluding carboxylic acids is 1. The van der Waals surface area contributed by atoms with Crippen LogP contribution in [0.2, 0.25) is 0 Å². The van der Waals surface area contributed by atoms with Crippen molar-refractivity contribution in [1.29, 1.82) is 5.41 Å². The molecule has 0 saturated carbocycles. The Morgan fingerprint density at radius 3 is 2.86 bits per heavy atom. The van der Waals surface area contributed by atoms with Gasteiger partial charge in [-0.05, 0) is 6.92 Å². The summed E-state index contributed by atoms with van der Waals surface area (Å²) in [5.41, 5.74) is 5.42. The molecule has 0 aromatic carbocycles. The maximum Gasteiger partial charge on any atom is 0.341 e. The fraction of sp³-hybridized carbons (Fsp3) is 0.286. The van der Waals surface area contributed by atoms with Gasteiger partial charge in [0.15, 0.2) is 0 Å². The monoisotopic (exact) mass is 218 g/mol. The summed E-state index contributed by atoms with van der Waals surface area (Å²) < 4.78 is 5.81. The molecule has 0 aliphatic heterocycles. The van der Waals surface area contributed by atoms with Crippen LogP contribution < -0.4 is 5.73 Å². The Morgan fingerprint density at radius 1 is 1.79 bits per heavy atom. The Morgan fingerprint density at radius 2 is 2.43 bits per heavy atom. The molecule has 1 aromatic heterocycles. The fourth-order valence-corrected chi connectivity index (χ4v) is 0.774. The summed E-state index contributed by atoms with van der Waals surface area (Å²) in [6.45, 7) is 2.03. The van der Waals surface area contributed by atoms with Gasteiger partial charge in [-0.2, -0.15) is 5.10 Å². The number of hydrogen-bond donors (Lipinski definition) is 2. The number of halogens is 1. The third-order valence-corrected chi connectivity index (χ3v) is 1.34. The molecule has 0 unspecified atom stereocenters. The van der Waals surface area contributed by atoms with E-state index >= 15 is 0 Å². The molecule has 0 fully saturated rings. The summed E-state index contributed by atoms with van der Waals surface area (Å²) in [7, 11) is 0. The van der Waals surface area contributed by atoms with Crippen molar-refractivity contribution in [3.05, 3.63) is 18.0 Å². The van der Waals surface area contributed by atoms with E-state index in [-0.39, 0.29) is 23.9 Å². The Bertz CT molecular complexity index is 336. The van der Waals surface area contributed by atoms with Crippen LogP contribution in [0.5, 0.6) is 0 Å². The van der Waals surface area contributed by atoms with Crippen molar-refractivity contribution in [1.82, 2.24) is 9.78 Å². The van der Waals surface area contributed by atoms with Crippen LogP contribution in [0, 0.1) is 5.41 Å². The van der Waals surface area contributed by atoms with E-state index in [1.165, 1.54) is 12.4 Å². The largest absolute Gasteiger partial charge is 0.462 e. The molecule has 0 radical (unpaired) electrons. The first-order valence-corrected chi connectivity index (χ1v) is 3.71. The van der Waals surface area contributed by atoms with Crippen molar-refractivity contribution in [3.63, 3.8) is 0 Å². The average molecular weight is 219 g/mol. The van der Waals surface area contributed by atoms with Gasteiger partial charge in [-0.25, -0.2) is 9.48 Å². The van der Waals surface area contributed by atoms with E-state index in [4.69, 9.17) is 15.9 Å². The summed E-state index contributed by atoms with van der Waals surface area (Å²) in [5.74, 6) is -0.703. The number of ether oxygens (including phenoxy) is 1. The quantitative estimate of drug-likeness (QED) is 0.422. The number of carbonyl (C=O) groups is 1. The molecule has 14 heavy (non-hydrogen) atoms. The minimum atomic E-state index is -0.463. The van der Waals surface area contributed by atoms with Crippen molar-refractivity contribution in [2.45, 2.75) is 6.92 Å². The highest BCUT2D eigenvalue weighted by Gasteiger charge is 2.09. The molecule has 1 heterocycles. The molecule has 6 nitrogen and oxygen atoms in total. The minimum Gasteiger partial charge on any atom is -0.462 e. The predicted octanol–water partition coefficient (Wildman–Crippen LogP) is 0.223. The van der Waals surface area contributed by atoms with E-state index in [9.17, 15) is 4.79 Å². The standard InChI is InChI=1S/C7H10N4O2.ClH/c1-2-13-6(12)5-3-10-11(4-5)7(8)9;/h3-4H,2H2,1H3,(H3,8,9);1H. The lowest BCUT2D eigenvalue weighted by atomic mass is 10.4. The topological polar surface area (TPSA) is 94.0 Å². The van der Waals surface area contributed by atoms with Crippen LogP contribution in [0.25, 0.3) is 0 Å². The number of hydrogen-bond acceptors (Lipinski definition) is 4. The zero-order chi connectivity index (χ0) is 9.84. The summed E-state index contributed by atoms with van der Waals surface area (Å²) in [6, 6.07) is 0. The van der Waals surface area contributed by atoms with Gasteiger partial charge in [-0.15, -0.1) is 12.4 Å². The second kappa shape index (κ2) is 5.23. The second-order valence-corrected chi connectivity index (χ2v) is 2.28. The van der Waals surface area contributed by atoms with Gasteiger partial charge in [0.05, 0.1) is 18.4 Å². The number of esters is 1. The van der Waals surface area contributed by atoms with Gasteiger partial charge < -0.3 is 10.5 Å². The molecule has 0 atom stereocenters. The van der Waals surface area contributed by atoms with Crippen LogP contribution in [0.3, 0.4) is 0 Å². The van der Waals surface area contributed by atoms with Crippen molar-refractivity contribution >= 4 is 24.3 Å². The predicted molar refractivity (Wildman–Crippen MR) is 52.7 cm³/mol. The van der Waals surface area contributed by atoms with Crippen molar-refractivity contribution in [3.8, 4) is 0 Å². The van der Waals surface area contributed by atoms with Crippen molar-refractivity contribution in [2.75, 3.05) is 6.61 Å². The second-order valence-electron chi connectivity index (χ2n) is 2.28. The Labute approximate surface area is 87.0 Å². The fourth-order valence-electron chi connectivity index (χ4n) is 0.774. The van der Waals surface area contributed by atoms with Crippen LogP contribution in [0.1, 0.15) is 17.3 Å². The molecule has 3 N–H and O–H groups in total. The van der Waals surface area contributed by atoms with E-state index in [1.807, 2.05) is 0 Å². The highest BCUT2D eigenvalue weighted by atomic mass is 35.5. The normalized spacial score (nSPS) is 8.93. The van der Waals surface area contributed by atoms with Crippen molar-refractivity contribution in [2.24, 2.45) is 5.73 Å². The number of nitrogens with zero attached hydrogens (tertiary/aromatic N) is 2. The molecular formula is C7H11ClN4O2. The zero-order valence-corrected chi connectivity index (χ0v) is 8.37. The van der Waals surface area contributed by atoms with E-state index in [0.717, 1.165) is 4.68 Å². The smallest absolute Gasteiger partial charge is 0.341 e. The molecule has 7 heteroatoms. The van der Waals surface area contributed by atoms with Gasteiger partial charge in [0.1, 0.15) is 0 Å². The van der Waals surface area contributed by atoms with E-state index in [0.29, 0.717) is 6.61 Å². The summed E-state index contributed by atoms with van der Waals surface area (Å²) in [6.07, 6.45) is 2.65. The molecule has 0 saturated heterocycles. The number of nitrogen functional groups attached to an aromatic ring is 1. The lowest BCUT2D eigenvalue weighted by Gasteiger charge is -1.96. The number of nitrogens with one attached hydrogen (secondary N) is 1.